The quantitative estimate of drug-likeness (QED) is 0.0738. The van der Waals surface area contributed by atoms with E-state index < -0.39 is 135 Å². The molecule has 21 heteroatoms. The maximum absolute atomic E-state index is 12.6. The van der Waals surface area contributed by atoms with Gasteiger partial charge in [0.2, 0.25) is 0 Å². The maximum Gasteiger partial charge on any atom is 0.335 e. The molecule has 21 nitrogen and oxygen atoms in total. The minimum atomic E-state index is -2.17. The number of ether oxygens (including phenoxy) is 8. The summed E-state index contributed by atoms with van der Waals surface area (Å²) in [4.78, 5) is 12.6. The first-order valence-corrected chi connectivity index (χ1v) is 16.5. The Balaban J connectivity index is 1.65. The van der Waals surface area contributed by atoms with Gasteiger partial charge in [-0.25, -0.2) is 4.79 Å². The zero-order valence-electron chi connectivity index (χ0n) is 27.5. The van der Waals surface area contributed by atoms with Gasteiger partial charge in [0.1, 0.15) is 79.4 Å². The van der Waals surface area contributed by atoms with Gasteiger partial charge >= 0.3 is 5.97 Å². The van der Waals surface area contributed by atoms with Crippen molar-refractivity contribution in [2.45, 2.75) is 156 Å². The van der Waals surface area contributed by atoms with E-state index in [4.69, 9.17) is 43.6 Å². The van der Waals surface area contributed by atoms with Crippen LogP contribution in [0.3, 0.4) is 0 Å². The molecular formula is C29H51NO20. The van der Waals surface area contributed by atoms with Gasteiger partial charge < -0.3 is 99.8 Å². The Labute approximate surface area is 286 Å². The number of unbranched alkanes of at least 4 members (excludes halogenated alkanes) is 2. The van der Waals surface area contributed by atoms with Gasteiger partial charge in [-0.2, -0.15) is 0 Å². The minimum Gasteiger partial charge on any atom is -0.479 e. The highest BCUT2D eigenvalue weighted by Gasteiger charge is 2.57. The summed E-state index contributed by atoms with van der Waals surface area (Å²) in [6, 6.07) is 0. The minimum absolute atomic E-state index is 0.104. The second-order valence-corrected chi connectivity index (χ2v) is 12.8. The van der Waals surface area contributed by atoms with Crippen LogP contribution in [0, 0.1) is 0 Å². The molecule has 4 aliphatic rings. The van der Waals surface area contributed by atoms with Crippen LogP contribution in [-0.2, 0) is 42.7 Å². The fourth-order valence-corrected chi connectivity index (χ4v) is 6.12. The molecular weight excluding hydrogens is 682 g/mol. The number of rotatable bonds is 14. The summed E-state index contributed by atoms with van der Waals surface area (Å²) in [5, 5.41) is 115. The van der Waals surface area contributed by atoms with Gasteiger partial charge in [0.05, 0.1) is 18.8 Å². The smallest absolute Gasteiger partial charge is 0.335 e. The SMILES string of the molecule is CC1OC(OC2C(C(=O)O)OC(OC3C(OCCCCCN)OC(C)C(O)C3O)C(O)C2OC2OC(CO)C(O)C(O)C2O)C(O)C(O)C1O. The summed E-state index contributed by atoms with van der Waals surface area (Å²) in [7, 11) is 0. The van der Waals surface area contributed by atoms with Crippen LogP contribution in [0.15, 0.2) is 0 Å². The molecule has 4 rings (SSSR count). The van der Waals surface area contributed by atoms with Crippen molar-refractivity contribution in [3.05, 3.63) is 0 Å². The summed E-state index contributed by atoms with van der Waals surface area (Å²) < 4.78 is 45.3. The van der Waals surface area contributed by atoms with E-state index >= 15 is 0 Å². The van der Waals surface area contributed by atoms with Crippen LogP contribution in [0.4, 0.5) is 0 Å². The Hall–Kier alpha value is -1.29. The average molecular weight is 734 g/mol. The van der Waals surface area contributed by atoms with Crippen LogP contribution < -0.4 is 5.73 Å². The lowest BCUT2D eigenvalue weighted by Crippen LogP contribution is -2.68. The van der Waals surface area contributed by atoms with Crippen LogP contribution in [0.2, 0.25) is 0 Å². The number of carboxylic acid groups (broad SMARTS) is 1. The van der Waals surface area contributed by atoms with Gasteiger partial charge in [0, 0.05) is 6.61 Å². The van der Waals surface area contributed by atoms with E-state index in [9.17, 15) is 61.0 Å². The topological polar surface area (TPSA) is 339 Å². The number of hydrogen-bond donors (Lipinski definition) is 12. The van der Waals surface area contributed by atoms with Gasteiger partial charge in [-0.1, -0.05) is 0 Å². The Kier molecular flexibility index (Phi) is 15.1. The van der Waals surface area contributed by atoms with E-state index in [0.29, 0.717) is 25.8 Å². The van der Waals surface area contributed by atoms with Crippen molar-refractivity contribution in [3.8, 4) is 0 Å². The largest absolute Gasteiger partial charge is 0.479 e. The molecule has 0 aromatic carbocycles. The highest BCUT2D eigenvalue weighted by molar-refractivity contribution is 5.73. The lowest BCUT2D eigenvalue weighted by atomic mass is 9.95. The predicted octanol–water partition coefficient (Wildman–Crippen LogP) is -6.45. The zero-order valence-corrected chi connectivity index (χ0v) is 27.5. The van der Waals surface area contributed by atoms with Crippen LogP contribution in [0.5, 0.6) is 0 Å². The van der Waals surface area contributed by atoms with Gasteiger partial charge in [-0.15, -0.1) is 0 Å². The molecule has 20 unspecified atom stereocenters. The Morgan fingerprint density at radius 1 is 0.580 bits per heavy atom. The van der Waals surface area contributed by atoms with Gasteiger partial charge in [0.25, 0.3) is 0 Å². The first-order chi connectivity index (χ1) is 23.6. The molecule has 0 spiro atoms. The van der Waals surface area contributed by atoms with E-state index in [2.05, 4.69) is 0 Å². The Morgan fingerprint density at radius 3 is 1.70 bits per heavy atom. The number of carboxylic acids is 1. The molecule has 20 atom stereocenters. The molecule has 4 aliphatic heterocycles. The fourth-order valence-electron chi connectivity index (χ4n) is 6.12. The third kappa shape index (κ3) is 9.07. The van der Waals surface area contributed by atoms with Crippen LogP contribution in [0.25, 0.3) is 0 Å². The van der Waals surface area contributed by atoms with Crippen molar-refractivity contribution in [1.82, 2.24) is 0 Å². The first-order valence-electron chi connectivity index (χ1n) is 16.5. The summed E-state index contributed by atoms with van der Waals surface area (Å²) in [6.45, 7) is 2.49. The standard InChI is InChI=1S/C29H51NO20/c1-9-12(32)15(35)18(38)26(44-9)49-23-21(47-27-19(39)16(36)14(34)11(8-31)46-27)20(40)28(50-24(23)25(41)42)48-22-17(37)13(33)10(2)45-29(22)43-7-5-3-4-6-30/h9-24,26-29,31-40H,3-8,30H2,1-2H3,(H,41,42). The summed E-state index contributed by atoms with van der Waals surface area (Å²) in [6.07, 6.45) is -33.2. The van der Waals surface area contributed by atoms with E-state index in [-0.39, 0.29) is 6.61 Å². The average Bonchev–Trinajstić information content (AvgIpc) is 3.08. The molecule has 0 aromatic heterocycles. The van der Waals surface area contributed by atoms with E-state index in [0.717, 1.165) is 0 Å². The van der Waals surface area contributed by atoms with Gasteiger partial charge in [-0.3, -0.25) is 0 Å². The number of carbonyl (C=O) groups is 1. The maximum atomic E-state index is 12.6. The molecule has 0 aliphatic carbocycles. The third-order valence-electron chi connectivity index (χ3n) is 9.21. The monoisotopic (exact) mass is 733 g/mol. The Bertz CT molecular complexity index is 1060. The van der Waals surface area contributed by atoms with Crippen LogP contribution in [0.1, 0.15) is 33.1 Å². The summed E-state index contributed by atoms with van der Waals surface area (Å²) in [5.74, 6) is -1.75. The second kappa shape index (κ2) is 18.2. The van der Waals surface area contributed by atoms with Crippen molar-refractivity contribution >= 4 is 5.97 Å². The number of aliphatic hydroxyl groups is 10. The molecule has 13 N–H and O–H groups in total. The van der Waals surface area contributed by atoms with Gasteiger partial charge in [0.15, 0.2) is 31.3 Å². The molecule has 0 aromatic rings. The van der Waals surface area contributed by atoms with Crippen molar-refractivity contribution in [3.63, 3.8) is 0 Å². The highest BCUT2D eigenvalue weighted by Crippen LogP contribution is 2.36. The van der Waals surface area contributed by atoms with E-state index in [1.54, 1.807) is 0 Å². The molecule has 0 radical (unpaired) electrons. The molecule has 50 heavy (non-hydrogen) atoms. The number of aliphatic carboxylic acids is 1. The molecule has 4 fully saturated rings. The van der Waals surface area contributed by atoms with Crippen molar-refractivity contribution < 1.29 is 98.9 Å². The van der Waals surface area contributed by atoms with Crippen molar-refractivity contribution in [2.24, 2.45) is 5.73 Å². The van der Waals surface area contributed by atoms with Crippen LogP contribution in [-0.4, -0.2) is 205 Å². The van der Waals surface area contributed by atoms with Crippen molar-refractivity contribution in [1.29, 1.82) is 0 Å². The molecule has 4 saturated heterocycles. The Morgan fingerprint density at radius 2 is 1.10 bits per heavy atom. The lowest BCUT2D eigenvalue weighted by molar-refractivity contribution is -0.397. The molecule has 0 saturated carbocycles. The number of nitrogens with two attached hydrogens (primary N) is 1. The summed E-state index contributed by atoms with van der Waals surface area (Å²) in [5.41, 5.74) is 5.53. The molecule has 292 valence electrons. The van der Waals surface area contributed by atoms with E-state index in [1.165, 1.54) is 13.8 Å². The van der Waals surface area contributed by atoms with Gasteiger partial charge in [-0.05, 0) is 39.7 Å². The van der Waals surface area contributed by atoms with Crippen LogP contribution >= 0.6 is 0 Å². The summed E-state index contributed by atoms with van der Waals surface area (Å²) >= 11 is 0. The zero-order chi connectivity index (χ0) is 37.0. The lowest BCUT2D eigenvalue weighted by Gasteiger charge is -2.49. The highest BCUT2D eigenvalue weighted by atomic mass is 16.8. The first kappa shape index (κ1) is 41.5. The van der Waals surface area contributed by atoms with E-state index in [1.807, 2.05) is 0 Å². The molecule has 4 heterocycles. The number of hydrogen-bond acceptors (Lipinski definition) is 20. The van der Waals surface area contributed by atoms with Crippen molar-refractivity contribution in [2.75, 3.05) is 19.8 Å². The fraction of sp³-hybridized carbons (Fsp3) is 0.966. The molecule has 0 bridgehead atoms. The normalized spacial score (nSPS) is 48.7. The second-order valence-electron chi connectivity index (χ2n) is 12.8. The molecule has 0 amide bonds. The number of aliphatic hydroxyl groups excluding tert-OH is 10. The predicted molar refractivity (Wildman–Crippen MR) is 158 cm³/mol. The third-order valence-corrected chi connectivity index (χ3v) is 9.21.